The van der Waals surface area contributed by atoms with E-state index < -0.39 is 17.8 Å². The first kappa shape index (κ1) is 17.9. The molecule has 0 fully saturated rings. The highest BCUT2D eigenvalue weighted by Gasteiger charge is 2.18. The fraction of sp³-hybridized carbons (Fsp3) is 0.118. The van der Waals surface area contributed by atoms with E-state index in [1.807, 2.05) is 0 Å². The van der Waals surface area contributed by atoms with Gasteiger partial charge in [-0.3, -0.25) is 4.79 Å². The minimum atomic E-state index is -0.621. The summed E-state index contributed by atoms with van der Waals surface area (Å²) in [7, 11) is 2.49. The molecule has 0 spiro atoms. The normalized spacial score (nSPS) is 9.96. The Kier molecular flexibility index (Phi) is 5.91. The van der Waals surface area contributed by atoms with E-state index in [-0.39, 0.29) is 16.8 Å². The molecular weight excluding hydrogens is 425 g/mol. The van der Waals surface area contributed by atoms with Gasteiger partial charge >= 0.3 is 11.9 Å². The number of anilines is 1. The van der Waals surface area contributed by atoms with Crippen molar-refractivity contribution in [1.29, 1.82) is 0 Å². The molecule has 0 aromatic heterocycles. The standard InChI is InChI=1S/C17H14INO5/c1-23-16(21)11-5-8-13(17(22)24-2)14(9-11)19-15(20)10-3-6-12(18)7-4-10/h3-9H,1-2H3,(H,19,20). The zero-order valence-corrected chi connectivity index (χ0v) is 15.1. The Balaban J connectivity index is 2.38. The van der Waals surface area contributed by atoms with E-state index in [4.69, 9.17) is 4.74 Å². The van der Waals surface area contributed by atoms with E-state index in [9.17, 15) is 14.4 Å². The van der Waals surface area contributed by atoms with Crippen LogP contribution in [0.15, 0.2) is 42.5 Å². The van der Waals surface area contributed by atoms with Crippen molar-refractivity contribution in [2.45, 2.75) is 0 Å². The first-order valence-electron chi connectivity index (χ1n) is 6.84. The third-order valence-electron chi connectivity index (χ3n) is 3.20. The Bertz CT molecular complexity index is 786. The van der Waals surface area contributed by atoms with Crippen LogP contribution in [-0.2, 0) is 9.47 Å². The number of ether oxygens (including phenoxy) is 2. The number of halogens is 1. The predicted octanol–water partition coefficient (Wildman–Crippen LogP) is 3.12. The smallest absolute Gasteiger partial charge is 0.339 e. The molecule has 0 atom stereocenters. The van der Waals surface area contributed by atoms with Crippen molar-refractivity contribution in [3.8, 4) is 0 Å². The maximum absolute atomic E-state index is 12.4. The van der Waals surface area contributed by atoms with Crippen LogP contribution >= 0.6 is 22.6 Å². The number of benzene rings is 2. The number of carbonyl (C=O) groups is 3. The zero-order valence-electron chi connectivity index (χ0n) is 13.0. The Labute approximate surface area is 152 Å². The molecule has 0 aliphatic heterocycles. The second-order valence-corrected chi connectivity index (χ2v) is 5.95. The summed E-state index contributed by atoms with van der Waals surface area (Å²) in [5.74, 6) is -1.60. The van der Waals surface area contributed by atoms with Crippen LogP contribution in [0, 0.1) is 3.57 Å². The number of rotatable bonds is 4. The molecule has 0 bridgehead atoms. The molecule has 0 saturated heterocycles. The van der Waals surface area contributed by atoms with E-state index in [0.29, 0.717) is 5.56 Å². The van der Waals surface area contributed by atoms with Crippen LogP contribution in [0.2, 0.25) is 0 Å². The molecular formula is C17H14INO5. The maximum Gasteiger partial charge on any atom is 0.339 e. The lowest BCUT2D eigenvalue weighted by molar-refractivity contribution is 0.0587. The van der Waals surface area contributed by atoms with Gasteiger partial charge < -0.3 is 14.8 Å². The molecule has 1 N–H and O–H groups in total. The van der Waals surface area contributed by atoms with Gasteiger partial charge in [-0.2, -0.15) is 0 Å². The van der Waals surface area contributed by atoms with E-state index >= 15 is 0 Å². The monoisotopic (exact) mass is 439 g/mol. The van der Waals surface area contributed by atoms with E-state index in [1.165, 1.54) is 32.4 Å². The number of methoxy groups -OCH3 is 2. The molecule has 0 radical (unpaired) electrons. The van der Waals surface area contributed by atoms with Crippen molar-refractivity contribution in [2.24, 2.45) is 0 Å². The van der Waals surface area contributed by atoms with Gasteiger partial charge in [-0.25, -0.2) is 9.59 Å². The molecule has 1 amide bonds. The third-order valence-corrected chi connectivity index (χ3v) is 3.92. The second kappa shape index (κ2) is 7.91. The summed E-state index contributed by atoms with van der Waals surface area (Å²) in [4.78, 5) is 35.9. The van der Waals surface area contributed by atoms with Gasteiger partial charge in [0.1, 0.15) is 0 Å². The molecule has 24 heavy (non-hydrogen) atoms. The van der Waals surface area contributed by atoms with Crippen LogP contribution in [0.4, 0.5) is 5.69 Å². The minimum absolute atomic E-state index is 0.143. The fourth-order valence-corrected chi connectivity index (χ4v) is 2.34. The van der Waals surface area contributed by atoms with Crippen LogP contribution in [0.5, 0.6) is 0 Å². The Morgan fingerprint density at radius 3 is 2.04 bits per heavy atom. The van der Waals surface area contributed by atoms with Crippen molar-refractivity contribution in [3.63, 3.8) is 0 Å². The Morgan fingerprint density at radius 1 is 0.875 bits per heavy atom. The quantitative estimate of drug-likeness (QED) is 0.585. The van der Waals surface area contributed by atoms with Crippen LogP contribution in [0.1, 0.15) is 31.1 Å². The Hall–Kier alpha value is -2.42. The van der Waals surface area contributed by atoms with Crippen molar-refractivity contribution in [1.82, 2.24) is 0 Å². The van der Waals surface area contributed by atoms with E-state index in [0.717, 1.165) is 3.57 Å². The Morgan fingerprint density at radius 2 is 1.46 bits per heavy atom. The fourth-order valence-electron chi connectivity index (χ4n) is 1.98. The number of hydrogen-bond donors (Lipinski definition) is 1. The summed E-state index contributed by atoms with van der Waals surface area (Å²) in [6.45, 7) is 0. The summed E-state index contributed by atoms with van der Waals surface area (Å²) < 4.78 is 10.3. The molecule has 0 saturated carbocycles. The lowest BCUT2D eigenvalue weighted by Crippen LogP contribution is -2.16. The number of amides is 1. The molecule has 0 unspecified atom stereocenters. The number of hydrogen-bond acceptors (Lipinski definition) is 5. The molecule has 2 rings (SSSR count). The van der Waals surface area contributed by atoms with Gasteiger partial charge in [0.25, 0.3) is 5.91 Å². The number of esters is 2. The topological polar surface area (TPSA) is 81.7 Å². The third kappa shape index (κ3) is 4.10. The SMILES string of the molecule is COC(=O)c1ccc(C(=O)OC)c(NC(=O)c2ccc(I)cc2)c1. The highest BCUT2D eigenvalue weighted by Crippen LogP contribution is 2.21. The van der Waals surface area contributed by atoms with Gasteiger partial charge in [0, 0.05) is 9.13 Å². The van der Waals surface area contributed by atoms with Crippen LogP contribution in [-0.4, -0.2) is 32.1 Å². The molecule has 124 valence electrons. The average molecular weight is 439 g/mol. The van der Waals surface area contributed by atoms with E-state index in [2.05, 4.69) is 32.6 Å². The van der Waals surface area contributed by atoms with Crippen molar-refractivity contribution >= 4 is 46.1 Å². The summed E-state index contributed by atoms with van der Waals surface area (Å²) in [5.41, 5.74) is 0.954. The van der Waals surface area contributed by atoms with Gasteiger partial charge in [-0.15, -0.1) is 0 Å². The highest BCUT2D eigenvalue weighted by molar-refractivity contribution is 14.1. The van der Waals surface area contributed by atoms with Crippen molar-refractivity contribution in [2.75, 3.05) is 19.5 Å². The molecule has 0 aliphatic rings. The summed E-state index contributed by atoms with van der Waals surface area (Å²) in [5, 5.41) is 2.63. The van der Waals surface area contributed by atoms with Crippen LogP contribution in [0.25, 0.3) is 0 Å². The first-order chi connectivity index (χ1) is 11.5. The van der Waals surface area contributed by atoms with Crippen LogP contribution < -0.4 is 5.32 Å². The second-order valence-electron chi connectivity index (χ2n) is 4.70. The summed E-state index contributed by atoms with van der Waals surface area (Å²) in [6, 6.07) is 11.1. The highest BCUT2D eigenvalue weighted by atomic mass is 127. The number of nitrogens with one attached hydrogen (secondary N) is 1. The van der Waals surface area contributed by atoms with Crippen LogP contribution in [0.3, 0.4) is 0 Å². The molecule has 0 heterocycles. The minimum Gasteiger partial charge on any atom is -0.465 e. The first-order valence-corrected chi connectivity index (χ1v) is 7.91. The zero-order chi connectivity index (χ0) is 17.7. The number of carbonyl (C=O) groups excluding carboxylic acids is 3. The summed E-state index contributed by atoms with van der Waals surface area (Å²) >= 11 is 2.13. The van der Waals surface area contributed by atoms with Gasteiger partial charge in [0.15, 0.2) is 0 Å². The van der Waals surface area contributed by atoms with Gasteiger partial charge in [0.05, 0.1) is 31.0 Å². The average Bonchev–Trinajstić information content (AvgIpc) is 2.60. The molecule has 7 heteroatoms. The lowest BCUT2D eigenvalue weighted by atomic mass is 10.1. The lowest BCUT2D eigenvalue weighted by Gasteiger charge is -2.11. The van der Waals surface area contributed by atoms with Gasteiger partial charge in [-0.1, -0.05) is 0 Å². The molecule has 0 aliphatic carbocycles. The predicted molar refractivity (Wildman–Crippen MR) is 96.2 cm³/mol. The molecule has 2 aromatic carbocycles. The molecule has 2 aromatic rings. The van der Waals surface area contributed by atoms with Gasteiger partial charge in [0.2, 0.25) is 0 Å². The largest absolute Gasteiger partial charge is 0.465 e. The maximum atomic E-state index is 12.4. The van der Waals surface area contributed by atoms with Crippen molar-refractivity contribution in [3.05, 3.63) is 62.7 Å². The van der Waals surface area contributed by atoms with Gasteiger partial charge in [-0.05, 0) is 65.1 Å². The molecule has 6 nitrogen and oxygen atoms in total. The van der Waals surface area contributed by atoms with E-state index in [1.54, 1.807) is 24.3 Å². The van der Waals surface area contributed by atoms with Crippen molar-refractivity contribution < 1.29 is 23.9 Å². The summed E-state index contributed by atoms with van der Waals surface area (Å²) in [6.07, 6.45) is 0.